The second-order valence-electron chi connectivity index (χ2n) is 8.25. The quantitative estimate of drug-likeness (QED) is 0.312. The summed E-state index contributed by atoms with van der Waals surface area (Å²) < 4.78 is 33.0. The Balaban J connectivity index is 0.00000456. The number of para-hydroxylation sites is 1. The number of hydrogen-bond acceptors (Lipinski definition) is 10. The Morgan fingerprint density at radius 1 is 1.22 bits per heavy atom. The van der Waals surface area contributed by atoms with Crippen molar-refractivity contribution < 1.29 is 38.5 Å². The predicted octanol–water partition coefficient (Wildman–Crippen LogP) is 1.25. The largest absolute Gasteiger partial charge is 0.480 e. The molecule has 13 nitrogen and oxygen atoms in total. The Morgan fingerprint density at radius 3 is 2.42 bits per heavy atom. The fourth-order valence-corrected chi connectivity index (χ4v) is 5.79. The van der Waals surface area contributed by atoms with E-state index in [1.54, 1.807) is 32.0 Å². The lowest BCUT2D eigenvalue weighted by molar-refractivity contribution is -0.141. The van der Waals surface area contributed by atoms with E-state index in [4.69, 9.17) is 19.5 Å². The highest BCUT2D eigenvalue weighted by atomic mass is 35.5. The van der Waals surface area contributed by atoms with E-state index in [0.29, 0.717) is 0 Å². The van der Waals surface area contributed by atoms with Crippen molar-refractivity contribution >= 4 is 31.9 Å². The molecule has 0 saturated carbocycles. The smallest absolute Gasteiger partial charge is 0.462 e. The van der Waals surface area contributed by atoms with Crippen LogP contribution in [0.2, 0.25) is 0 Å². The van der Waals surface area contributed by atoms with Crippen LogP contribution in [-0.4, -0.2) is 72.5 Å². The highest BCUT2D eigenvalue weighted by molar-refractivity contribution is 7.51. The van der Waals surface area contributed by atoms with Gasteiger partial charge in [-0.05, 0) is 39.0 Å². The van der Waals surface area contributed by atoms with Gasteiger partial charge in [0.05, 0.1) is 6.61 Å². The number of carboxylic acids is 1. The van der Waals surface area contributed by atoms with E-state index in [-0.39, 0.29) is 24.0 Å². The molecule has 0 radical (unpaired) electrons. The number of ether oxygens (including phenoxy) is 1. The lowest BCUT2D eigenvalue weighted by atomic mass is 10.1. The number of aliphatic hydroxyl groups excluding tert-OH is 2. The molecule has 0 amide bonds. The summed E-state index contributed by atoms with van der Waals surface area (Å²) in [4.78, 5) is 27.5. The van der Waals surface area contributed by atoms with Crippen molar-refractivity contribution in [3.05, 3.63) is 53.1 Å². The summed E-state index contributed by atoms with van der Waals surface area (Å²) in [5.74, 6) is -1.11. The molecule has 1 saturated heterocycles. The Bertz CT molecular complexity index is 1140. The number of aliphatic hydroxyl groups is 2. The average molecular weight is 549 g/mol. The number of benzene rings is 1. The summed E-state index contributed by atoms with van der Waals surface area (Å²) in [5, 5.41) is 30.5. The number of hydrogen-bond donors (Lipinski definition) is 4. The lowest BCUT2D eigenvalue weighted by Gasteiger charge is -2.35. The van der Waals surface area contributed by atoms with Crippen LogP contribution in [-0.2, 0) is 18.6 Å². The fraction of sp³-hybridized carbons (Fsp3) is 0.476. The van der Waals surface area contributed by atoms with Crippen LogP contribution in [0.1, 0.15) is 27.0 Å². The molecule has 200 valence electrons. The third-order valence-electron chi connectivity index (χ3n) is 5.39. The number of halogens is 1. The number of aliphatic carboxylic acids is 1. The highest BCUT2D eigenvalue weighted by Gasteiger charge is 2.48. The van der Waals surface area contributed by atoms with Crippen molar-refractivity contribution in [1.82, 2.24) is 14.2 Å². The van der Waals surface area contributed by atoms with Crippen molar-refractivity contribution in [2.45, 2.75) is 57.4 Å². The first-order valence-electron chi connectivity index (χ1n) is 10.8. The normalized spacial score (nSPS) is 24.2. The van der Waals surface area contributed by atoms with Crippen molar-refractivity contribution in [2.75, 3.05) is 12.3 Å². The Hall–Kier alpha value is -2.51. The standard InChI is InChI=1S/C21H29N4O9P.ClH/c1-12(2)25(13(3)20(28)29)35(31,34-14-7-5-4-6-8-14)32-11-15-17(26)18(27)19(33-15)24-10-9-16(22)23-21(24)30;/h4-10,12-13,15,17-19,26-27H,11H2,1-3H3,(H,28,29)(H2,22,23,30);1H/t13-,15+,17+,18+,19+,35?;/m0./s1. The summed E-state index contributed by atoms with van der Waals surface area (Å²) in [6, 6.07) is 7.55. The van der Waals surface area contributed by atoms with E-state index in [0.717, 1.165) is 9.24 Å². The first kappa shape index (κ1) is 29.7. The van der Waals surface area contributed by atoms with E-state index in [2.05, 4.69) is 4.98 Å². The highest BCUT2D eigenvalue weighted by Crippen LogP contribution is 2.54. The maximum absolute atomic E-state index is 14.0. The zero-order valence-corrected chi connectivity index (χ0v) is 21.5. The number of anilines is 1. The second-order valence-corrected chi connectivity index (χ2v) is 10.1. The Kier molecular flexibility index (Phi) is 10.0. The molecule has 0 bridgehead atoms. The van der Waals surface area contributed by atoms with Gasteiger partial charge >= 0.3 is 19.4 Å². The van der Waals surface area contributed by atoms with Crippen molar-refractivity contribution in [2.24, 2.45) is 0 Å². The van der Waals surface area contributed by atoms with Crippen LogP contribution in [0.25, 0.3) is 0 Å². The molecule has 1 aromatic carbocycles. The van der Waals surface area contributed by atoms with Crippen LogP contribution in [0.4, 0.5) is 5.82 Å². The maximum Gasteiger partial charge on any atom is 0.462 e. The Morgan fingerprint density at radius 2 is 1.86 bits per heavy atom. The zero-order valence-electron chi connectivity index (χ0n) is 19.8. The van der Waals surface area contributed by atoms with E-state index >= 15 is 0 Å². The first-order chi connectivity index (χ1) is 16.4. The fourth-order valence-electron chi connectivity index (χ4n) is 3.69. The molecule has 1 aliphatic heterocycles. The van der Waals surface area contributed by atoms with Gasteiger partial charge in [-0.1, -0.05) is 18.2 Å². The molecule has 2 heterocycles. The number of nitrogens with two attached hydrogens (primary N) is 1. The van der Waals surface area contributed by atoms with Crippen molar-refractivity contribution in [3.8, 4) is 5.75 Å². The van der Waals surface area contributed by atoms with Gasteiger partial charge in [0.1, 0.15) is 35.9 Å². The molecule has 1 aromatic heterocycles. The van der Waals surface area contributed by atoms with Crippen LogP contribution >= 0.6 is 20.2 Å². The summed E-state index contributed by atoms with van der Waals surface area (Å²) in [6.07, 6.45) is -4.36. The second kappa shape index (κ2) is 12.2. The molecule has 36 heavy (non-hydrogen) atoms. The van der Waals surface area contributed by atoms with Gasteiger partial charge in [0.2, 0.25) is 0 Å². The van der Waals surface area contributed by atoms with E-state index in [9.17, 15) is 29.5 Å². The molecular formula is C21H30ClN4O9P. The SMILES string of the molecule is CC(C)N([C@@H](C)C(=O)O)P(=O)(OC[C@H]1O[C@@H](n2ccc(N)nc2=O)[C@H](O)[C@@H]1O)Oc1ccccc1.Cl. The van der Waals surface area contributed by atoms with Gasteiger partial charge in [0, 0.05) is 12.2 Å². The van der Waals surface area contributed by atoms with Crippen LogP contribution in [0.3, 0.4) is 0 Å². The van der Waals surface area contributed by atoms with Gasteiger partial charge in [-0.25, -0.2) is 9.36 Å². The van der Waals surface area contributed by atoms with Crippen molar-refractivity contribution in [3.63, 3.8) is 0 Å². The van der Waals surface area contributed by atoms with Crippen LogP contribution in [0.15, 0.2) is 47.4 Å². The monoisotopic (exact) mass is 548 g/mol. The number of aromatic nitrogens is 2. The maximum atomic E-state index is 14.0. The third-order valence-corrected chi connectivity index (χ3v) is 7.69. The molecule has 2 aromatic rings. The van der Waals surface area contributed by atoms with Gasteiger partial charge in [0.15, 0.2) is 6.23 Å². The van der Waals surface area contributed by atoms with Crippen molar-refractivity contribution in [1.29, 1.82) is 0 Å². The first-order valence-corrected chi connectivity index (χ1v) is 12.3. The van der Waals surface area contributed by atoms with Gasteiger partial charge in [-0.15, -0.1) is 12.4 Å². The molecule has 15 heteroatoms. The molecule has 3 rings (SSSR count). The number of nitrogen functional groups attached to an aromatic ring is 1. The summed E-state index contributed by atoms with van der Waals surface area (Å²) in [6.45, 7) is 4.05. The number of carbonyl (C=O) groups is 1. The predicted molar refractivity (Wildman–Crippen MR) is 131 cm³/mol. The molecular weight excluding hydrogens is 519 g/mol. The average Bonchev–Trinajstić information content (AvgIpc) is 3.06. The minimum atomic E-state index is -4.34. The van der Waals surface area contributed by atoms with E-state index in [1.165, 1.54) is 31.3 Å². The van der Waals surface area contributed by atoms with Gasteiger partial charge in [-0.2, -0.15) is 9.65 Å². The third kappa shape index (κ3) is 6.43. The number of nitrogens with zero attached hydrogens (tertiary/aromatic N) is 3. The van der Waals surface area contributed by atoms with Crippen LogP contribution in [0.5, 0.6) is 5.75 Å². The summed E-state index contributed by atoms with van der Waals surface area (Å²) >= 11 is 0. The molecule has 1 aliphatic rings. The molecule has 6 atom stereocenters. The molecule has 0 aliphatic carbocycles. The van der Waals surface area contributed by atoms with Crippen LogP contribution in [0, 0.1) is 0 Å². The van der Waals surface area contributed by atoms with Gasteiger partial charge in [-0.3, -0.25) is 13.9 Å². The minimum absolute atomic E-state index is 0. The lowest BCUT2D eigenvalue weighted by Crippen LogP contribution is -2.43. The van der Waals surface area contributed by atoms with Gasteiger partial charge < -0.3 is 30.3 Å². The number of rotatable bonds is 10. The summed E-state index contributed by atoms with van der Waals surface area (Å²) in [5.41, 5.74) is 4.68. The topological polar surface area (TPSA) is 187 Å². The molecule has 1 fully saturated rings. The minimum Gasteiger partial charge on any atom is -0.480 e. The number of carboxylic acid groups (broad SMARTS) is 1. The zero-order chi connectivity index (χ0) is 25.9. The summed E-state index contributed by atoms with van der Waals surface area (Å²) in [7, 11) is -4.34. The van der Waals surface area contributed by atoms with Crippen LogP contribution < -0.4 is 15.9 Å². The molecule has 1 unspecified atom stereocenters. The Labute approximate surface area is 213 Å². The van der Waals surface area contributed by atoms with E-state index < -0.39 is 62.6 Å². The van der Waals surface area contributed by atoms with E-state index in [1.807, 2.05) is 0 Å². The van der Waals surface area contributed by atoms with Gasteiger partial charge in [0.25, 0.3) is 0 Å². The molecule has 0 spiro atoms. The molecule has 5 N–H and O–H groups in total.